The van der Waals surface area contributed by atoms with E-state index in [9.17, 15) is 0 Å². The van der Waals surface area contributed by atoms with Crippen molar-refractivity contribution in [3.05, 3.63) is 58.1 Å². The summed E-state index contributed by atoms with van der Waals surface area (Å²) < 4.78 is 0. The molecule has 0 spiro atoms. The van der Waals surface area contributed by atoms with Gasteiger partial charge < -0.3 is 5.32 Å². The summed E-state index contributed by atoms with van der Waals surface area (Å²) in [5.74, 6) is 0. The van der Waals surface area contributed by atoms with Crippen LogP contribution in [0.5, 0.6) is 0 Å². The van der Waals surface area contributed by atoms with Gasteiger partial charge in [0.2, 0.25) is 0 Å². The van der Waals surface area contributed by atoms with Crippen LogP contribution in [0.3, 0.4) is 0 Å². The van der Waals surface area contributed by atoms with Crippen LogP contribution < -0.4 is 5.32 Å². The minimum absolute atomic E-state index is 0.881. The van der Waals surface area contributed by atoms with Crippen molar-refractivity contribution < 1.29 is 0 Å². The lowest BCUT2D eigenvalue weighted by Gasteiger charge is -1.97. The fraction of sp³-hybridized carbons (Fsp3) is 0.214. The van der Waals surface area contributed by atoms with Gasteiger partial charge in [-0.15, -0.1) is 11.3 Å². The molecule has 0 fully saturated rings. The Labute approximate surface area is 106 Å². The normalized spacial score (nSPS) is 11.1. The second-order valence-corrected chi connectivity index (χ2v) is 5.11. The van der Waals surface area contributed by atoms with Gasteiger partial charge in [-0.1, -0.05) is 42.5 Å². The Morgan fingerprint density at radius 2 is 2.12 bits per heavy atom. The highest BCUT2D eigenvalue weighted by Crippen LogP contribution is 2.10. The third-order valence-electron chi connectivity index (χ3n) is 2.34. The van der Waals surface area contributed by atoms with Gasteiger partial charge in [0.25, 0.3) is 0 Å². The maximum Gasteiger partial charge on any atom is 0.0897 e. The van der Waals surface area contributed by atoms with Gasteiger partial charge in [-0.2, -0.15) is 0 Å². The molecule has 0 atom stereocenters. The van der Waals surface area contributed by atoms with E-state index in [-0.39, 0.29) is 0 Å². The highest BCUT2D eigenvalue weighted by Gasteiger charge is 1.95. The van der Waals surface area contributed by atoms with Gasteiger partial charge in [0.15, 0.2) is 0 Å². The SMILES string of the molecule is Cc1ncc(CNC/C=C/c2ccccc2)s1. The molecule has 88 valence electrons. The number of aromatic nitrogens is 1. The predicted octanol–water partition coefficient (Wildman–Crippen LogP) is 3.25. The average molecular weight is 244 g/mol. The number of rotatable bonds is 5. The van der Waals surface area contributed by atoms with E-state index >= 15 is 0 Å². The van der Waals surface area contributed by atoms with Gasteiger partial charge in [-0.25, -0.2) is 4.98 Å². The third kappa shape index (κ3) is 4.13. The summed E-state index contributed by atoms with van der Waals surface area (Å²) in [6, 6.07) is 10.3. The molecule has 0 amide bonds. The Kier molecular flexibility index (Phi) is 4.47. The van der Waals surface area contributed by atoms with E-state index in [1.807, 2.05) is 31.3 Å². The second-order valence-electron chi connectivity index (χ2n) is 3.79. The Hall–Kier alpha value is -1.45. The summed E-state index contributed by atoms with van der Waals surface area (Å²) in [5.41, 5.74) is 1.24. The van der Waals surface area contributed by atoms with Crippen molar-refractivity contribution in [2.45, 2.75) is 13.5 Å². The van der Waals surface area contributed by atoms with Crippen molar-refractivity contribution in [2.75, 3.05) is 6.54 Å². The number of benzene rings is 1. The van der Waals surface area contributed by atoms with Crippen LogP contribution in [-0.2, 0) is 6.54 Å². The van der Waals surface area contributed by atoms with Gasteiger partial charge in [-0.3, -0.25) is 0 Å². The van der Waals surface area contributed by atoms with Crippen LogP contribution in [0.15, 0.2) is 42.6 Å². The molecule has 0 saturated carbocycles. The van der Waals surface area contributed by atoms with Crippen LogP contribution in [0.1, 0.15) is 15.4 Å². The van der Waals surface area contributed by atoms with E-state index in [2.05, 4.69) is 34.6 Å². The van der Waals surface area contributed by atoms with Crippen LogP contribution in [0.25, 0.3) is 6.08 Å². The molecule has 0 bridgehead atoms. The molecule has 0 aliphatic rings. The summed E-state index contributed by atoms with van der Waals surface area (Å²) in [4.78, 5) is 5.51. The van der Waals surface area contributed by atoms with Gasteiger partial charge in [0.1, 0.15) is 0 Å². The van der Waals surface area contributed by atoms with Gasteiger partial charge in [0.05, 0.1) is 5.01 Å². The fourth-order valence-electron chi connectivity index (χ4n) is 1.52. The Morgan fingerprint density at radius 3 is 2.82 bits per heavy atom. The molecule has 2 aromatic rings. The second kappa shape index (κ2) is 6.33. The molecule has 0 radical (unpaired) electrons. The van der Waals surface area contributed by atoms with Crippen LogP contribution in [0.4, 0.5) is 0 Å². The van der Waals surface area contributed by atoms with Gasteiger partial charge in [0, 0.05) is 24.2 Å². The Balaban J connectivity index is 1.71. The van der Waals surface area contributed by atoms with Crippen molar-refractivity contribution >= 4 is 17.4 Å². The summed E-state index contributed by atoms with van der Waals surface area (Å²) in [6.07, 6.45) is 6.21. The predicted molar refractivity (Wildman–Crippen MR) is 74.0 cm³/mol. The van der Waals surface area contributed by atoms with Gasteiger partial charge in [-0.05, 0) is 12.5 Å². The summed E-state index contributed by atoms with van der Waals surface area (Å²) in [7, 11) is 0. The lowest BCUT2D eigenvalue weighted by atomic mass is 10.2. The summed E-state index contributed by atoms with van der Waals surface area (Å²) in [5, 5.41) is 4.50. The van der Waals surface area contributed by atoms with E-state index in [1.165, 1.54) is 10.4 Å². The Morgan fingerprint density at radius 1 is 1.29 bits per heavy atom. The number of thiazole rings is 1. The number of nitrogens with one attached hydrogen (secondary N) is 1. The first kappa shape index (κ1) is 12.0. The van der Waals surface area contributed by atoms with Crippen molar-refractivity contribution in [3.63, 3.8) is 0 Å². The standard InChI is InChI=1S/C14H16N2S/c1-12-16-11-14(17-12)10-15-9-5-8-13-6-3-2-4-7-13/h2-8,11,15H,9-10H2,1H3/b8-5+. The largest absolute Gasteiger partial charge is 0.308 e. The lowest BCUT2D eigenvalue weighted by Crippen LogP contribution is -2.11. The van der Waals surface area contributed by atoms with E-state index in [0.717, 1.165) is 18.1 Å². The molecule has 0 aliphatic heterocycles. The molecule has 1 N–H and O–H groups in total. The minimum atomic E-state index is 0.881. The number of hydrogen-bond donors (Lipinski definition) is 1. The number of nitrogens with zero attached hydrogens (tertiary/aromatic N) is 1. The first-order chi connectivity index (χ1) is 8.34. The monoisotopic (exact) mass is 244 g/mol. The molecule has 3 heteroatoms. The van der Waals surface area contributed by atoms with E-state index in [1.54, 1.807) is 11.3 Å². The van der Waals surface area contributed by atoms with Crippen LogP contribution >= 0.6 is 11.3 Å². The van der Waals surface area contributed by atoms with Crippen molar-refractivity contribution in [3.8, 4) is 0 Å². The first-order valence-corrected chi connectivity index (χ1v) is 6.50. The minimum Gasteiger partial charge on any atom is -0.308 e. The maximum atomic E-state index is 4.22. The molecule has 0 aliphatic carbocycles. The van der Waals surface area contributed by atoms with Crippen molar-refractivity contribution in [2.24, 2.45) is 0 Å². The molecule has 2 nitrogen and oxygen atoms in total. The van der Waals surface area contributed by atoms with Gasteiger partial charge >= 0.3 is 0 Å². The van der Waals surface area contributed by atoms with Crippen LogP contribution in [0, 0.1) is 6.92 Å². The molecular weight excluding hydrogens is 228 g/mol. The molecule has 2 rings (SSSR count). The molecule has 0 saturated heterocycles. The van der Waals surface area contributed by atoms with Crippen LogP contribution in [-0.4, -0.2) is 11.5 Å². The molecule has 17 heavy (non-hydrogen) atoms. The van der Waals surface area contributed by atoms with E-state index in [0.29, 0.717) is 0 Å². The molecular formula is C14H16N2S. The topological polar surface area (TPSA) is 24.9 Å². The van der Waals surface area contributed by atoms with E-state index < -0.39 is 0 Å². The highest BCUT2D eigenvalue weighted by molar-refractivity contribution is 7.11. The molecule has 1 heterocycles. The third-order valence-corrected chi connectivity index (χ3v) is 3.25. The zero-order chi connectivity index (χ0) is 11.9. The zero-order valence-corrected chi connectivity index (χ0v) is 10.7. The maximum absolute atomic E-state index is 4.22. The van der Waals surface area contributed by atoms with Crippen molar-refractivity contribution in [1.29, 1.82) is 0 Å². The van der Waals surface area contributed by atoms with Crippen molar-refractivity contribution in [1.82, 2.24) is 10.3 Å². The highest BCUT2D eigenvalue weighted by atomic mass is 32.1. The Bertz CT molecular complexity index is 474. The summed E-state index contributed by atoms with van der Waals surface area (Å²) in [6.45, 7) is 3.81. The smallest absolute Gasteiger partial charge is 0.0897 e. The zero-order valence-electron chi connectivity index (χ0n) is 9.89. The quantitative estimate of drug-likeness (QED) is 0.817. The van der Waals surface area contributed by atoms with E-state index in [4.69, 9.17) is 0 Å². The fourth-order valence-corrected chi connectivity index (χ4v) is 2.29. The number of hydrogen-bond acceptors (Lipinski definition) is 3. The summed E-state index contributed by atoms with van der Waals surface area (Å²) >= 11 is 1.74. The number of aryl methyl sites for hydroxylation is 1. The van der Waals surface area contributed by atoms with Crippen LogP contribution in [0.2, 0.25) is 0 Å². The molecule has 1 aromatic heterocycles. The molecule has 1 aromatic carbocycles. The first-order valence-electron chi connectivity index (χ1n) is 5.68. The lowest BCUT2D eigenvalue weighted by molar-refractivity contribution is 0.770. The molecule has 0 unspecified atom stereocenters. The average Bonchev–Trinajstić information content (AvgIpc) is 2.76.